The van der Waals surface area contributed by atoms with Crippen LogP contribution in [0.5, 0.6) is 0 Å². The Kier molecular flexibility index (Phi) is 3.77. The van der Waals surface area contributed by atoms with Gasteiger partial charge in [0.25, 0.3) is 0 Å². The molecular formula is C11H18N2. The monoisotopic (exact) mass is 178 g/mol. The Morgan fingerprint density at radius 1 is 1.38 bits per heavy atom. The third kappa shape index (κ3) is 2.74. The molecule has 0 saturated carbocycles. The molecule has 4 N–H and O–H groups in total. The van der Waals surface area contributed by atoms with E-state index in [0.717, 1.165) is 18.5 Å². The van der Waals surface area contributed by atoms with Crippen molar-refractivity contribution in [1.29, 1.82) is 0 Å². The Bertz CT molecular complexity index is 258. The predicted octanol–water partition coefficient (Wildman–Crippen LogP) is 2.11. The average molecular weight is 178 g/mol. The Labute approximate surface area is 79.9 Å². The number of nitrogen functional groups attached to an aromatic ring is 1. The van der Waals surface area contributed by atoms with Gasteiger partial charge in [0.05, 0.1) is 0 Å². The standard InChI is InChI=1S/C11H18N2/c1-2-4-10(8-12)9-5-3-6-11(13)7-9/h3,5-7,10H,2,4,8,12-13H2,1H3. The molecular weight excluding hydrogens is 160 g/mol. The number of hydrogen-bond acceptors (Lipinski definition) is 2. The van der Waals surface area contributed by atoms with Crippen molar-refractivity contribution in [3.63, 3.8) is 0 Å². The predicted molar refractivity (Wildman–Crippen MR) is 57.6 cm³/mol. The van der Waals surface area contributed by atoms with E-state index in [1.54, 1.807) is 0 Å². The van der Waals surface area contributed by atoms with E-state index < -0.39 is 0 Å². The molecule has 0 aliphatic heterocycles. The molecule has 1 rings (SSSR count). The van der Waals surface area contributed by atoms with Crippen molar-refractivity contribution < 1.29 is 0 Å². The van der Waals surface area contributed by atoms with Crippen LogP contribution < -0.4 is 11.5 Å². The summed E-state index contributed by atoms with van der Waals surface area (Å²) in [5.74, 6) is 0.466. The topological polar surface area (TPSA) is 52.0 Å². The van der Waals surface area contributed by atoms with Gasteiger partial charge in [0.15, 0.2) is 0 Å². The lowest BCUT2D eigenvalue weighted by Gasteiger charge is -2.14. The van der Waals surface area contributed by atoms with Crippen molar-refractivity contribution in [3.05, 3.63) is 29.8 Å². The van der Waals surface area contributed by atoms with E-state index in [2.05, 4.69) is 13.0 Å². The van der Waals surface area contributed by atoms with Crippen molar-refractivity contribution in [2.75, 3.05) is 12.3 Å². The van der Waals surface area contributed by atoms with Crippen LogP contribution in [-0.4, -0.2) is 6.54 Å². The molecule has 1 aromatic carbocycles. The molecule has 1 atom stereocenters. The quantitative estimate of drug-likeness (QED) is 0.694. The molecule has 0 bridgehead atoms. The SMILES string of the molecule is CCCC(CN)c1cccc(N)c1. The summed E-state index contributed by atoms with van der Waals surface area (Å²) in [6.07, 6.45) is 2.30. The number of rotatable bonds is 4. The molecule has 0 fully saturated rings. The summed E-state index contributed by atoms with van der Waals surface area (Å²) in [4.78, 5) is 0. The largest absolute Gasteiger partial charge is 0.399 e. The lowest BCUT2D eigenvalue weighted by atomic mass is 9.94. The van der Waals surface area contributed by atoms with Gasteiger partial charge >= 0.3 is 0 Å². The summed E-state index contributed by atoms with van der Waals surface area (Å²) < 4.78 is 0. The molecule has 13 heavy (non-hydrogen) atoms. The second kappa shape index (κ2) is 4.87. The summed E-state index contributed by atoms with van der Waals surface area (Å²) in [5.41, 5.74) is 13.5. The van der Waals surface area contributed by atoms with Crippen LogP contribution in [0, 0.1) is 0 Å². The molecule has 0 aliphatic rings. The molecule has 0 amide bonds. The van der Waals surface area contributed by atoms with E-state index in [9.17, 15) is 0 Å². The minimum Gasteiger partial charge on any atom is -0.399 e. The zero-order chi connectivity index (χ0) is 9.68. The minimum absolute atomic E-state index is 0.466. The Morgan fingerprint density at radius 3 is 2.69 bits per heavy atom. The normalized spacial score (nSPS) is 12.8. The fraction of sp³-hybridized carbons (Fsp3) is 0.455. The molecule has 0 radical (unpaired) electrons. The van der Waals surface area contributed by atoms with E-state index in [4.69, 9.17) is 11.5 Å². The molecule has 1 aromatic rings. The van der Waals surface area contributed by atoms with Crippen LogP contribution in [0.15, 0.2) is 24.3 Å². The van der Waals surface area contributed by atoms with Gasteiger partial charge in [0.1, 0.15) is 0 Å². The maximum absolute atomic E-state index is 5.71. The Balaban J connectivity index is 2.78. The van der Waals surface area contributed by atoms with E-state index in [-0.39, 0.29) is 0 Å². The van der Waals surface area contributed by atoms with Gasteiger partial charge < -0.3 is 11.5 Å². The fourth-order valence-electron chi connectivity index (χ4n) is 1.58. The van der Waals surface area contributed by atoms with Crippen LogP contribution in [-0.2, 0) is 0 Å². The van der Waals surface area contributed by atoms with Crippen LogP contribution in [0.25, 0.3) is 0 Å². The molecule has 0 heterocycles. The Morgan fingerprint density at radius 2 is 2.15 bits per heavy atom. The van der Waals surface area contributed by atoms with E-state index in [1.807, 2.05) is 18.2 Å². The van der Waals surface area contributed by atoms with Crippen molar-refractivity contribution in [2.45, 2.75) is 25.7 Å². The number of anilines is 1. The zero-order valence-corrected chi connectivity index (χ0v) is 8.16. The van der Waals surface area contributed by atoms with Crippen molar-refractivity contribution in [3.8, 4) is 0 Å². The number of hydrogen-bond donors (Lipinski definition) is 2. The first-order chi connectivity index (χ1) is 6.27. The molecule has 72 valence electrons. The van der Waals surface area contributed by atoms with Crippen molar-refractivity contribution in [1.82, 2.24) is 0 Å². The van der Waals surface area contributed by atoms with Crippen LogP contribution in [0.4, 0.5) is 5.69 Å². The highest BCUT2D eigenvalue weighted by Crippen LogP contribution is 2.21. The highest BCUT2D eigenvalue weighted by molar-refractivity contribution is 5.41. The van der Waals surface area contributed by atoms with Gasteiger partial charge in [-0.2, -0.15) is 0 Å². The molecule has 1 unspecified atom stereocenters. The van der Waals surface area contributed by atoms with Gasteiger partial charge in [-0.05, 0) is 36.6 Å². The third-order valence-electron chi connectivity index (χ3n) is 2.30. The van der Waals surface area contributed by atoms with E-state index in [1.165, 1.54) is 5.56 Å². The summed E-state index contributed by atoms with van der Waals surface area (Å²) in [6, 6.07) is 8.02. The summed E-state index contributed by atoms with van der Waals surface area (Å²) in [5, 5.41) is 0. The lowest BCUT2D eigenvalue weighted by molar-refractivity contribution is 0.622. The molecule has 0 aliphatic carbocycles. The average Bonchev–Trinajstić information content (AvgIpc) is 2.14. The molecule has 0 saturated heterocycles. The highest BCUT2D eigenvalue weighted by Gasteiger charge is 2.07. The van der Waals surface area contributed by atoms with Crippen LogP contribution in [0.3, 0.4) is 0 Å². The molecule has 2 nitrogen and oxygen atoms in total. The van der Waals surface area contributed by atoms with Gasteiger partial charge in [-0.25, -0.2) is 0 Å². The van der Waals surface area contributed by atoms with Crippen LogP contribution in [0.2, 0.25) is 0 Å². The summed E-state index contributed by atoms with van der Waals surface area (Å²) >= 11 is 0. The second-order valence-corrected chi connectivity index (χ2v) is 3.39. The smallest absolute Gasteiger partial charge is 0.0316 e. The van der Waals surface area contributed by atoms with Crippen LogP contribution >= 0.6 is 0 Å². The lowest BCUT2D eigenvalue weighted by Crippen LogP contribution is -2.12. The summed E-state index contributed by atoms with van der Waals surface area (Å²) in [6.45, 7) is 2.88. The second-order valence-electron chi connectivity index (χ2n) is 3.39. The highest BCUT2D eigenvalue weighted by atomic mass is 14.6. The molecule has 0 aromatic heterocycles. The zero-order valence-electron chi connectivity index (χ0n) is 8.16. The first-order valence-electron chi connectivity index (χ1n) is 4.83. The van der Waals surface area contributed by atoms with Crippen molar-refractivity contribution >= 4 is 5.69 Å². The fourth-order valence-corrected chi connectivity index (χ4v) is 1.58. The van der Waals surface area contributed by atoms with E-state index in [0.29, 0.717) is 12.5 Å². The first-order valence-corrected chi connectivity index (χ1v) is 4.83. The van der Waals surface area contributed by atoms with Crippen molar-refractivity contribution in [2.24, 2.45) is 5.73 Å². The van der Waals surface area contributed by atoms with E-state index >= 15 is 0 Å². The molecule has 2 heteroatoms. The molecule has 0 spiro atoms. The van der Waals surface area contributed by atoms with Gasteiger partial charge in [0, 0.05) is 5.69 Å². The number of benzene rings is 1. The van der Waals surface area contributed by atoms with Gasteiger partial charge in [-0.1, -0.05) is 25.5 Å². The van der Waals surface area contributed by atoms with Crippen LogP contribution in [0.1, 0.15) is 31.2 Å². The maximum Gasteiger partial charge on any atom is 0.0316 e. The third-order valence-corrected chi connectivity index (χ3v) is 2.30. The minimum atomic E-state index is 0.466. The van der Waals surface area contributed by atoms with Gasteiger partial charge in [-0.15, -0.1) is 0 Å². The summed E-state index contributed by atoms with van der Waals surface area (Å²) in [7, 11) is 0. The van der Waals surface area contributed by atoms with Gasteiger partial charge in [-0.3, -0.25) is 0 Å². The number of nitrogens with two attached hydrogens (primary N) is 2. The maximum atomic E-state index is 5.71. The first kappa shape index (κ1) is 10.1. The Hall–Kier alpha value is -1.02. The van der Waals surface area contributed by atoms with Gasteiger partial charge in [0.2, 0.25) is 0 Å².